The highest BCUT2D eigenvalue weighted by molar-refractivity contribution is 7.17. The fourth-order valence-corrected chi connectivity index (χ4v) is 2.30. The third-order valence-electron chi connectivity index (χ3n) is 2.14. The van der Waals surface area contributed by atoms with Crippen LogP contribution in [-0.4, -0.2) is 23.2 Å². The SMILES string of the molecule is COC(=O)c1cnc2ccsc2c1CO. The molecular formula is C10H9NO3S. The lowest BCUT2D eigenvalue weighted by atomic mass is 10.1. The largest absolute Gasteiger partial charge is 0.465 e. The van der Waals surface area contributed by atoms with Gasteiger partial charge < -0.3 is 9.84 Å². The van der Waals surface area contributed by atoms with Gasteiger partial charge in [-0.3, -0.25) is 4.98 Å². The maximum Gasteiger partial charge on any atom is 0.339 e. The van der Waals surface area contributed by atoms with Gasteiger partial charge in [0.1, 0.15) is 0 Å². The fourth-order valence-electron chi connectivity index (χ4n) is 1.41. The second-order valence-corrected chi connectivity index (χ2v) is 3.85. The number of ether oxygens (including phenoxy) is 1. The molecule has 78 valence electrons. The second kappa shape index (κ2) is 3.96. The summed E-state index contributed by atoms with van der Waals surface area (Å²) < 4.78 is 5.45. The molecule has 0 spiro atoms. The molecular weight excluding hydrogens is 214 g/mol. The van der Waals surface area contributed by atoms with E-state index >= 15 is 0 Å². The minimum absolute atomic E-state index is 0.191. The molecule has 0 unspecified atom stereocenters. The Balaban J connectivity index is 2.69. The van der Waals surface area contributed by atoms with Crippen LogP contribution >= 0.6 is 11.3 Å². The lowest BCUT2D eigenvalue weighted by Crippen LogP contribution is -2.06. The van der Waals surface area contributed by atoms with Crippen molar-refractivity contribution in [1.82, 2.24) is 4.98 Å². The van der Waals surface area contributed by atoms with E-state index in [4.69, 9.17) is 0 Å². The maximum atomic E-state index is 11.4. The molecule has 1 N–H and O–H groups in total. The van der Waals surface area contributed by atoms with E-state index in [9.17, 15) is 9.90 Å². The van der Waals surface area contributed by atoms with Crippen molar-refractivity contribution in [2.75, 3.05) is 7.11 Å². The monoisotopic (exact) mass is 223 g/mol. The molecule has 2 aromatic rings. The topological polar surface area (TPSA) is 59.4 Å². The molecule has 0 fully saturated rings. The molecule has 0 aromatic carbocycles. The molecule has 15 heavy (non-hydrogen) atoms. The van der Waals surface area contributed by atoms with Crippen LogP contribution < -0.4 is 0 Å². The summed E-state index contributed by atoms with van der Waals surface area (Å²) in [5.41, 5.74) is 1.70. The molecule has 5 heteroatoms. The second-order valence-electron chi connectivity index (χ2n) is 2.94. The summed E-state index contributed by atoms with van der Waals surface area (Å²) in [6.45, 7) is -0.191. The fraction of sp³-hybridized carbons (Fsp3) is 0.200. The van der Waals surface area contributed by atoms with E-state index in [1.165, 1.54) is 24.6 Å². The number of nitrogens with zero attached hydrogens (tertiary/aromatic N) is 1. The quantitative estimate of drug-likeness (QED) is 0.785. The predicted molar refractivity (Wildman–Crippen MR) is 56.9 cm³/mol. The van der Waals surface area contributed by atoms with Crippen molar-refractivity contribution >= 4 is 27.5 Å². The van der Waals surface area contributed by atoms with Crippen LogP contribution in [0.15, 0.2) is 17.6 Å². The van der Waals surface area contributed by atoms with Crippen molar-refractivity contribution in [2.45, 2.75) is 6.61 Å². The summed E-state index contributed by atoms with van der Waals surface area (Å²) in [5.74, 6) is -0.471. The number of thiophene rings is 1. The first kappa shape index (κ1) is 10.1. The highest BCUT2D eigenvalue weighted by Gasteiger charge is 2.15. The lowest BCUT2D eigenvalue weighted by Gasteiger charge is -2.05. The van der Waals surface area contributed by atoms with Gasteiger partial charge in [-0.25, -0.2) is 4.79 Å². The zero-order valence-corrected chi connectivity index (χ0v) is 8.87. The molecule has 0 bridgehead atoms. The molecule has 0 saturated carbocycles. The first-order valence-electron chi connectivity index (χ1n) is 4.32. The summed E-state index contributed by atoms with van der Waals surface area (Å²) in [6, 6.07) is 1.85. The number of esters is 1. The van der Waals surface area contributed by atoms with E-state index in [0.29, 0.717) is 11.1 Å². The van der Waals surface area contributed by atoms with Crippen LogP contribution in [-0.2, 0) is 11.3 Å². The van der Waals surface area contributed by atoms with E-state index in [1.54, 1.807) is 0 Å². The van der Waals surface area contributed by atoms with Gasteiger partial charge in [-0.05, 0) is 11.4 Å². The van der Waals surface area contributed by atoms with Gasteiger partial charge in [0.15, 0.2) is 0 Å². The number of fused-ring (bicyclic) bond motifs is 1. The molecule has 2 heterocycles. The van der Waals surface area contributed by atoms with E-state index in [-0.39, 0.29) is 6.61 Å². The van der Waals surface area contributed by atoms with Crippen LogP contribution in [0.2, 0.25) is 0 Å². The summed E-state index contributed by atoms with van der Waals surface area (Å²) >= 11 is 1.45. The Bertz CT molecular complexity index is 506. The van der Waals surface area contributed by atoms with Crippen molar-refractivity contribution in [3.05, 3.63) is 28.8 Å². The minimum Gasteiger partial charge on any atom is -0.465 e. The highest BCUT2D eigenvalue weighted by atomic mass is 32.1. The van der Waals surface area contributed by atoms with Crippen LogP contribution in [0.25, 0.3) is 10.2 Å². The van der Waals surface area contributed by atoms with Crippen LogP contribution in [0.1, 0.15) is 15.9 Å². The summed E-state index contributed by atoms with van der Waals surface area (Å²) in [5, 5.41) is 11.1. The smallest absolute Gasteiger partial charge is 0.339 e. The summed E-state index contributed by atoms with van der Waals surface area (Å²) in [4.78, 5) is 15.5. The lowest BCUT2D eigenvalue weighted by molar-refractivity contribution is 0.0597. The van der Waals surface area contributed by atoms with Gasteiger partial charge in [-0.15, -0.1) is 11.3 Å². The Morgan fingerprint density at radius 3 is 3.13 bits per heavy atom. The zero-order chi connectivity index (χ0) is 10.8. The van der Waals surface area contributed by atoms with Crippen molar-refractivity contribution in [3.63, 3.8) is 0 Å². The number of hydrogen-bond donors (Lipinski definition) is 1. The Kier molecular flexibility index (Phi) is 2.66. The molecule has 2 aromatic heterocycles. The predicted octanol–water partition coefficient (Wildman–Crippen LogP) is 1.58. The van der Waals surface area contributed by atoms with Gasteiger partial charge in [-0.1, -0.05) is 0 Å². The number of aliphatic hydroxyl groups is 1. The Morgan fingerprint density at radius 2 is 2.47 bits per heavy atom. The third-order valence-corrected chi connectivity index (χ3v) is 3.10. The molecule has 0 aliphatic carbocycles. The van der Waals surface area contributed by atoms with Gasteiger partial charge in [0.25, 0.3) is 0 Å². The van der Waals surface area contributed by atoms with Gasteiger partial charge in [0, 0.05) is 11.8 Å². The average molecular weight is 223 g/mol. The first-order chi connectivity index (χ1) is 7.27. The number of rotatable bonds is 2. The Morgan fingerprint density at radius 1 is 1.67 bits per heavy atom. The minimum atomic E-state index is -0.471. The number of pyridine rings is 1. The van der Waals surface area contributed by atoms with Crippen LogP contribution in [0.4, 0.5) is 0 Å². The molecule has 4 nitrogen and oxygen atoms in total. The molecule has 0 radical (unpaired) electrons. The molecule has 0 aliphatic heterocycles. The van der Waals surface area contributed by atoms with Gasteiger partial charge in [-0.2, -0.15) is 0 Å². The number of hydrogen-bond acceptors (Lipinski definition) is 5. The Labute approximate surface area is 90.1 Å². The van der Waals surface area contributed by atoms with E-state index in [2.05, 4.69) is 9.72 Å². The molecule has 0 amide bonds. The van der Waals surface area contributed by atoms with Crippen LogP contribution in [0.5, 0.6) is 0 Å². The van der Waals surface area contributed by atoms with Gasteiger partial charge in [0.05, 0.1) is 29.5 Å². The molecule has 2 rings (SSSR count). The maximum absolute atomic E-state index is 11.4. The standard InChI is InChI=1S/C10H9NO3S/c1-14-10(13)6-4-11-8-2-3-15-9(8)7(6)5-12/h2-4,12H,5H2,1H3. The normalized spacial score (nSPS) is 10.5. The summed E-state index contributed by atoms with van der Waals surface area (Å²) in [6.07, 6.45) is 1.44. The number of carbonyl (C=O) groups is 1. The number of carbonyl (C=O) groups excluding carboxylic acids is 1. The number of aromatic nitrogens is 1. The van der Waals surface area contributed by atoms with Gasteiger partial charge >= 0.3 is 5.97 Å². The van der Waals surface area contributed by atoms with Crippen molar-refractivity contribution in [1.29, 1.82) is 0 Å². The first-order valence-corrected chi connectivity index (χ1v) is 5.20. The molecule has 0 aliphatic rings. The van der Waals surface area contributed by atoms with Crippen molar-refractivity contribution in [2.24, 2.45) is 0 Å². The molecule has 0 atom stereocenters. The molecule has 0 saturated heterocycles. The summed E-state index contributed by atoms with van der Waals surface area (Å²) in [7, 11) is 1.31. The van der Waals surface area contributed by atoms with E-state index in [1.807, 2.05) is 11.4 Å². The number of methoxy groups -OCH3 is 1. The van der Waals surface area contributed by atoms with Gasteiger partial charge in [0.2, 0.25) is 0 Å². The van der Waals surface area contributed by atoms with E-state index < -0.39 is 5.97 Å². The van der Waals surface area contributed by atoms with Crippen LogP contribution in [0.3, 0.4) is 0 Å². The van der Waals surface area contributed by atoms with Crippen molar-refractivity contribution in [3.8, 4) is 0 Å². The average Bonchev–Trinajstić information content (AvgIpc) is 2.74. The number of aliphatic hydroxyl groups excluding tert-OH is 1. The van der Waals surface area contributed by atoms with E-state index in [0.717, 1.165) is 10.2 Å². The zero-order valence-electron chi connectivity index (χ0n) is 8.06. The third kappa shape index (κ3) is 1.60. The van der Waals surface area contributed by atoms with Crippen LogP contribution in [0, 0.1) is 0 Å². The Hall–Kier alpha value is -1.46. The highest BCUT2D eigenvalue weighted by Crippen LogP contribution is 2.26. The van der Waals surface area contributed by atoms with Crippen molar-refractivity contribution < 1.29 is 14.6 Å².